The van der Waals surface area contributed by atoms with E-state index in [1.54, 1.807) is 0 Å². The van der Waals surface area contributed by atoms with E-state index < -0.39 is 0 Å². The Balaban J connectivity index is 1.73. The van der Waals surface area contributed by atoms with Gasteiger partial charge in [0.05, 0.1) is 0 Å². The Morgan fingerprint density at radius 1 is 0.250 bits per heavy atom. The van der Waals surface area contributed by atoms with Gasteiger partial charge in [-0.1, -0.05) is 168 Å². The first kappa shape index (κ1) is 33.9. The van der Waals surface area contributed by atoms with Crippen molar-refractivity contribution in [2.24, 2.45) is 0 Å². The Bertz CT molecular complexity index is 1900. The zero-order valence-corrected chi connectivity index (χ0v) is 34.6. The largest absolute Gasteiger partial charge is 0.0605 e. The Morgan fingerprint density at radius 2 is 0.417 bits per heavy atom. The quantitative estimate of drug-likeness (QED) is 0.156. The molecule has 0 N–H and O–H groups in total. The van der Waals surface area contributed by atoms with E-state index in [1.807, 2.05) is 0 Å². The molecular weight excluding hydrogens is 984 g/mol. The molecule has 0 saturated heterocycles. The second kappa shape index (κ2) is 14.7. The highest BCUT2D eigenvalue weighted by atomic mass is 79.9. The summed E-state index contributed by atoms with van der Waals surface area (Å²) >= 11 is 22.7. The van der Waals surface area contributed by atoms with Crippen molar-refractivity contribution in [1.82, 2.24) is 0 Å². The number of halogens is 6. The highest BCUT2D eigenvalue weighted by Gasteiger charge is 2.41. The Morgan fingerprint density at radius 3 is 0.562 bits per heavy atom. The average molecular weight is 1010 g/mol. The summed E-state index contributed by atoms with van der Waals surface area (Å²) in [5.74, 6) is 0. The molecule has 1 aliphatic rings. The van der Waals surface area contributed by atoms with Gasteiger partial charge < -0.3 is 0 Å². The van der Waals surface area contributed by atoms with E-state index in [1.165, 1.54) is 33.4 Å². The number of benzene rings is 6. The number of hydrogen-bond donors (Lipinski definition) is 0. The van der Waals surface area contributed by atoms with Crippen LogP contribution in [-0.4, -0.2) is 0 Å². The third-order valence-electron chi connectivity index (χ3n) is 8.12. The van der Waals surface area contributed by atoms with Gasteiger partial charge in [0.15, 0.2) is 0 Å². The summed E-state index contributed by atoms with van der Waals surface area (Å²) in [5.41, 5.74) is 14.0. The minimum absolute atomic E-state index is 1.03. The summed E-state index contributed by atoms with van der Waals surface area (Å²) in [5, 5.41) is 0. The lowest BCUT2D eigenvalue weighted by molar-refractivity contribution is 1.50. The Kier molecular flexibility index (Phi) is 10.4. The van der Waals surface area contributed by atoms with Crippen molar-refractivity contribution < 1.29 is 0 Å². The maximum Gasteiger partial charge on any atom is 0.0181 e. The van der Waals surface area contributed by atoms with Crippen LogP contribution in [0.15, 0.2) is 189 Å². The molecule has 1 saturated carbocycles. The van der Waals surface area contributed by atoms with Crippen molar-refractivity contribution in [1.29, 1.82) is 0 Å². The summed E-state index contributed by atoms with van der Waals surface area (Å²) in [4.78, 5) is 0. The standard InChI is InChI=1S/C42H24Br6/c43-31-13-1-7-25(19-31)37(26-8-2-14-32(44)20-26)40-41(38(27-9-3-15-33(45)21-27)28-10-4-16-34(46)22-28)42(40)39(29-11-5-17-35(47)23-29)30-12-6-18-36(48)24-30/h1-24H. The van der Waals surface area contributed by atoms with E-state index in [4.69, 9.17) is 0 Å². The van der Waals surface area contributed by atoms with Crippen molar-refractivity contribution in [2.75, 3.05) is 0 Å². The van der Waals surface area contributed by atoms with Crippen LogP contribution in [0.4, 0.5) is 0 Å². The van der Waals surface area contributed by atoms with Gasteiger partial charge in [0, 0.05) is 26.8 Å². The fourth-order valence-electron chi connectivity index (χ4n) is 6.17. The lowest BCUT2D eigenvalue weighted by Crippen LogP contribution is -1.91. The van der Waals surface area contributed by atoms with Crippen molar-refractivity contribution in [2.45, 2.75) is 0 Å². The van der Waals surface area contributed by atoms with E-state index in [0.29, 0.717) is 0 Å². The summed E-state index contributed by atoms with van der Waals surface area (Å²) in [6, 6.07) is 51.7. The van der Waals surface area contributed by atoms with Crippen molar-refractivity contribution >= 4 is 112 Å². The molecule has 1 fully saturated rings. The summed E-state index contributed by atoms with van der Waals surface area (Å²) in [6.45, 7) is 0. The minimum Gasteiger partial charge on any atom is -0.0605 e. The lowest BCUT2D eigenvalue weighted by atomic mass is 9.94. The smallest absolute Gasteiger partial charge is 0.0181 e. The first-order valence-corrected chi connectivity index (χ1v) is 19.8. The second-order valence-electron chi connectivity index (χ2n) is 11.3. The lowest BCUT2D eigenvalue weighted by Gasteiger charge is -2.11. The molecule has 0 aliphatic heterocycles. The molecule has 7 rings (SSSR count). The molecule has 0 amide bonds. The molecule has 0 atom stereocenters. The molecule has 0 spiro atoms. The summed E-state index contributed by atoms with van der Waals surface area (Å²) in [6.07, 6.45) is 0. The van der Waals surface area contributed by atoms with E-state index in [2.05, 4.69) is 241 Å². The molecule has 0 radical (unpaired) electrons. The van der Waals surface area contributed by atoms with Crippen molar-refractivity contribution in [3.8, 4) is 0 Å². The summed E-state index contributed by atoms with van der Waals surface area (Å²) < 4.78 is 6.18. The van der Waals surface area contributed by atoms with Crippen LogP contribution in [0.25, 0.3) is 16.7 Å². The van der Waals surface area contributed by atoms with Gasteiger partial charge in [-0.3, -0.25) is 0 Å². The number of hydrogen-bond acceptors (Lipinski definition) is 0. The van der Waals surface area contributed by atoms with Gasteiger partial charge >= 0.3 is 0 Å². The third-order valence-corrected chi connectivity index (χ3v) is 11.1. The van der Waals surface area contributed by atoms with Crippen LogP contribution in [-0.2, 0) is 0 Å². The molecule has 6 aromatic carbocycles. The van der Waals surface area contributed by atoms with Gasteiger partial charge in [0.25, 0.3) is 0 Å². The monoisotopic (exact) mass is 1000 g/mol. The summed E-state index contributed by atoms with van der Waals surface area (Å²) in [7, 11) is 0. The molecule has 0 nitrogen and oxygen atoms in total. The van der Waals surface area contributed by atoms with Crippen LogP contribution >= 0.6 is 95.6 Å². The maximum absolute atomic E-state index is 3.78. The number of allylic oxidation sites excluding steroid dienone is 3. The van der Waals surface area contributed by atoms with Crippen molar-refractivity contribution in [3.05, 3.63) is 223 Å². The fraction of sp³-hybridized carbons (Fsp3) is 0. The highest BCUT2D eigenvalue weighted by Crippen LogP contribution is 2.59. The Hall–Kier alpha value is -2.58. The first-order valence-electron chi connectivity index (χ1n) is 15.1. The molecule has 0 aromatic heterocycles. The van der Waals surface area contributed by atoms with Crippen LogP contribution in [0.3, 0.4) is 0 Å². The van der Waals surface area contributed by atoms with E-state index in [9.17, 15) is 0 Å². The fourth-order valence-corrected chi connectivity index (χ4v) is 8.56. The molecule has 6 aromatic rings. The second-order valence-corrected chi connectivity index (χ2v) is 16.8. The Labute approximate surface area is 331 Å². The van der Waals surface area contributed by atoms with E-state index in [-0.39, 0.29) is 0 Å². The third kappa shape index (κ3) is 7.31. The molecule has 48 heavy (non-hydrogen) atoms. The molecule has 1 aliphatic carbocycles. The molecular formula is C42H24Br6. The maximum atomic E-state index is 3.78. The van der Waals surface area contributed by atoms with E-state index in [0.717, 1.165) is 60.2 Å². The van der Waals surface area contributed by atoms with Gasteiger partial charge in [-0.15, -0.1) is 0 Å². The zero-order chi connectivity index (χ0) is 33.4. The van der Waals surface area contributed by atoms with E-state index >= 15 is 0 Å². The zero-order valence-electron chi connectivity index (χ0n) is 25.1. The molecule has 0 unspecified atom stereocenters. The van der Waals surface area contributed by atoms with Crippen LogP contribution in [0.5, 0.6) is 0 Å². The molecule has 234 valence electrons. The molecule has 0 bridgehead atoms. The predicted octanol–water partition coefficient (Wildman–Crippen LogP) is 15.1. The van der Waals surface area contributed by atoms with Gasteiger partial charge in [-0.05, 0) is 140 Å². The van der Waals surface area contributed by atoms with Gasteiger partial charge in [-0.2, -0.15) is 0 Å². The van der Waals surface area contributed by atoms with Crippen LogP contribution in [0.2, 0.25) is 0 Å². The van der Waals surface area contributed by atoms with Gasteiger partial charge in [-0.25, -0.2) is 0 Å². The predicted molar refractivity (Wildman–Crippen MR) is 223 cm³/mol. The van der Waals surface area contributed by atoms with Crippen LogP contribution in [0, 0.1) is 0 Å². The highest BCUT2D eigenvalue weighted by molar-refractivity contribution is 9.11. The minimum atomic E-state index is 1.03. The average Bonchev–Trinajstić information content (AvgIpc) is 3.74. The first-order chi connectivity index (χ1) is 23.3. The normalized spacial score (nSPS) is 12.2. The molecule has 0 heterocycles. The van der Waals surface area contributed by atoms with Gasteiger partial charge in [0.1, 0.15) is 0 Å². The van der Waals surface area contributed by atoms with Crippen molar-refractivity contribution in [3.63, 3.8) is 0 Å². The van der Waals surface area contributed by atoms with Crippen LogP contribution in [0.1, 0.15) is 33.4 Å². The molecule has 6 heteroatoms. The topological polar surface area (TPSA) is 0 Å². The van der Waals surface area contributed by atoms with Crippen LogP contribution < -0.4 is 0 Å². The van der Waals surface area contributed by atoms with Gasteiger partial charge in [0.2, 0.25) is 0 Å². The number of rotatable bonds is 6. The SMILES string of the molecule is Brc1cccc(C(=C2C(=C(c3cccc(Br)c3)c3cccc(Br)c3)C2=C(c2cccc(Br)c2)c2cccc(Br)c2)c2cccc(Br)c2)c1.